The van der Waals surface area contributed by atoms with Crippen LogP contribution in [-0.4, -0.2) is 23.9 Å². The number of methoxy groups -OCH3 is 1. The SMILES string of the molecule is COC(=O)/C(=C\c1cc(C)c(N)c([N+](=O)[O-])c1)NC(C)=O. The van der Waals surface area contributed by atoms with Crippen LogP contribution in [0.15, 0.2) is 17.8 Å². The lowest BCUT2D eigenvalue weighted by atomic mass is 10.1. The van der Waals surface area contributed by atoms with Gasteiger partial charge in [-0.1, -0.05) is 0 Å². The number of hydrogen-bond donors (Lipinski definition) is 2. The van der Waals surface area contributed by atoms with Gasteiger partial charge in [0.2, 0.25) is 5.91 Å². The van der Waals surface area contributed by atoms with Crippen LogP contribution >= 0.6 is 0 Å². The first-order valence-corrected chi connectivity index (χ1v) is 5.88. The zero-order valence-electron chi connectivity index (χ0n) is 11.8. The number of carbonyl (C=O) groups excluding carboxylic acids is 2. The topological polar surface area (TPSA) is 125 Å². The lowest BCUT2D eigenvalue weighted by Crippen LogP contribution is -2.25. The fraction of sp³-hybridized carbons (Fsp3) is 0.231. The van der Waals surface area contributed by atoms with Gasteiger partial charge in [0.05, 0.1) is 12.0 Å². The van der Waals surface area contributed by atoms with Gasteiger partial charge in [0, 0.05) is 13.0 Å². The normalized spacial score (nSPS) is 10.9. The summed E-state index contributed by atoms with van der Waals surface area (Å²) >= 11 is 0. The Balaban J connectivity index is 3.36. The molecule has 0 unspecified atom stereocenters. The molecule has 8 nitrogen and oxygen atoms in total. The molecule has 1 amide bonds. The molecule has 0 spiro atoms. The molecule has 1 aromatic rings. The van der Waals surface area contributed by atoms with E-state index in [0.29, 0.717) is 11.1 Å². The number of ether oxygens (including phenoxy) is 1. The van der Waals surface area contributed by atoms with E-state index in [1.807, 2.05) is 0 Å². The molecule has 0 saturated heterocycles. The van der Waals surface area contributed by atoms with E-state index in [0.717, 1.165) is 7.11 Å². The van der Waals surface area contributed by atoms with Crippen molar-refractivity contribution in [3.8, 4) is 0 Å². The summed E-state index contributed by atoms with van der Waals surface area (Å²) < 4.78 is 4.54. The molecule has 0 aliphatic heterocycles. The van der Waals surface area contributed by atoms with Crippen LogP contribution < -0.4 is 11.1 Å². The van der Waals surface area contributed by atoms with Crippen molar-refractivity contribution in [3.63, 3.8) is 0 Å². The minimum absolute atomic E-state index is 0.0521. The number of nitro benzene ring substituents is 1. The summed E-state index contributed by atoms with van der Waals surface area (Å²) in [6.45, 7) is 2.84. The van der Waals surface area contributed by atoms with Crippen LogP contribution in [0, 0.1) is 17.0 Å². The maximum atomic E-state index is 11.6. The van der Waals surface area contributed by atoms with Gasteiger partial charge in [-0.05, 0) is 30.2 Å². The Morgan fingerprint density at radius 1 is 1.43 bits per heavy atom. The van der Waals surface area contributed by atoms with Crippen molar-refractivity contribution in [1.82, 2.24) is 5.32 Å². The highest BCUT2D eigenvalue weighted by molar-refractivity contribution is 5.97. The van der Waals surface area contributed by atoms with Crippen LogP contribution in [0.3, 0.4) is 0 Å². The maximum Gasteiger partial charge on any atom is 0.354 e. The molecule has 0 atom stereocenters. The number of nitrogen functional groups attached to an aromatic ring is 1. The van der Waals surface area contributed by atoms with Crippen molar-refractivity contribution < 1.29 is 19.2 Å². The Hall–Kier alpha value is -2.90. The lowest BCUT2D eigenvalue weighted by molar-refractivity contribution is -0.383. The largest absolute Gasteiger partial charge is 0.464 e. The number of rotatable bonds is 4. The molecule has 3 N–H and O–H groups in total. The quantitative estimate of drug-likeness (QED) is 0.282. The Bertz CT molecular complexity index is 637. The number of nitrogens with two attached hydrogens (primary N) is 1. The second kappa shape index (κ2) is 6.51. The fourth-order valence-corrected chi connectivity index (χ4v) is 1.65. The molecule has 8 heteroatoms. The molecule has 0 aromatic heterocycles. The Labute approximate surface area is 120 Å². The van der Waals surface area contributed by atoms with Crippen LogP contribution in [0.25, 0.3) is 6.08 Å². The Morgan fingerprint density at radius 3 is 2.52 bits per heavy atom. The van der Waals surface area contributed by atoms with E-state index < -0.39 is 16.8 Å². The highest BCUT2D eigenvalue weighted by atomic mass is 16.6. The summed E-state index contributed by atoms with van der Waals surface area (Å²) in [5, 5.41) is 13.2. The maximum absolute atomic E-state index is 11.6. The molecule has 1 rings (SSSR count). The average Bonchev–Trinajstić information content (AvgIpc) is 2.40. The Morgan fingerprint density at radius 2 is 2.05 bits per heavy atom. The molecule has 1 aromatic carbocycles. The molecule has 21 heavy (non-hydrogen) atoms. The minimum atomic E-state index is -0.762. The predicted octanol–water partition coefficient (Wildman–Crippen LogP) is 1.14. The first-order chi connectivity index (χ1) is 9.76. The van der Waals surface area contributed by atoms with E-state index in [1.165, 1.54) is 19.1 Å². The van der Waals surface area contributed by atoms with E-state index >= 15 is 0 Å². The fourth-order valence-electron chi connectivity index (χ4n) is 1.65. The number of nitrogens with zero attached hydrogens (tertiary/aromatic N) is 1. The molecule has 0 aliphatic carbocycles. The number of benzene rings is 1. The third-order valence-electron chi connectivity index (χ3n) is 2.61. The number of nitrogens with one attached hydrogen (secondary N) is 1. The van der Waals surface area contributed by atoms with Gasteiger partial charge in [-0.2, -0.15) is 0 Å². The van der Waals surface area contributed by atoms with Gasteiger partial charge in [-0.15, -0.1) is 0 Å². The smallest absolute Gasteiger partial charge is 0.354 e. The van der Waals surface area contributed by atoms with Crippen molar-refractivity contribution in [1.29, 1.82) is 0 Å². The third kappa shape index (κ3) is 4.03. The molecular formula is C13H15N3O5. The second-order valence-corrected chi connectivity index (χ2v) is 4.26. The number of anilines is 1. The molecule has 0 aliphatic rings. The summed E-state index contributed by atoms with van der Waals surface area (Å²) in [7, 11) is 1.16. The van der Waals surface area contributed by atoms with E-state index in [2.05, 4.69) is 10.1 Å². The van der Waals surface area contributed by atoms with E-state index in [4.69, 9.17) is 5.73 Å². The molecule has 0 bridgehead atoms. The summed E-state index contributed by atoms with van der Waals surface area (Å²) in [5.74, 6) is -1.23. The standard InChI is InChI=1S/C13H15N3O5/c1-7-4-9(6-11(12(7)14)16(19)20)5-10(13(18)21-3)15-8(2)17/h4-6H,14H2,1-3H3,(H,15,17)/b10-5+. The van der Waals surface area contributed by atoms with Gasteiger partial charge in [0.15, 0.2) is 0 Å². The lowest BCUT2D eigenvalue weighted by Gasteiger charge is -2.07. The minimum Gasteiger partial charge on any atom is -0.464 e. The van der Waals surface area contributed by atoms with Crippen LogP contribution in [0.2, 0.25) is 0 Å². The number of hydrogen-bond acceptors (Lipinski definition) is 6. The number of nitro groups is 1. The van der Waals surface area contributed by atoms with E-state index in [-0.39, 0.29) is 17.1 Å². The highest BCUT2D eigenvalue weighted by Crippen LogP contribution is 2.27. The molecule has 0 fully saturated rings. The van der Waals surface area contributed by atoms with Gasteiger partial charge < -0.3 is 15.8 Å². The van der Waals surface area contributed by atoms with Gasteiger partial charge in [0.1, 0.15) is 11.4 Å². The van der Waals surface area contributed by atoms with Crippen LogP contribution in [0.4, 0.5) is 11.4 Å². The average molecular weight is 293 g/mol. The van der Waals surface area contributed by atoms with Gasteiger partial charge >= 0.3 is 5.97 Å². The molecular weight excluding hydrogens is 278 g/mol. The monoisotopic (exact) mass is 293 g/mol. The van der Waals surface area contributed by atoms with E-state index in [1.54, 1.807) is 13.0 Å². The van der Waals surface area contributed by atoms with Crippen molar-refractivity contribution >= 4 is 29.3 Å². The van der Waals surface area contributed by atoms with Crippen molar-refractivity contribution in [3.05, 3.63) is 39.1 Å². The Kier molecular flexibility index (Phi) is 5.01. The number of aryl methyl sites for hydroxylation is 1. The van der Waals surface area contributed by atoms with Crippen LogP contribution in [0.5, 0.6) is 0 Å². The van der Waals surface area contributed by atoms with Crippen LogP contribution in [0.1, 0.15) is 18.1 Å². The molecule has 112 valence electrons. The molecule has 0 radical (unpaired) electrons. The van der Waals surface area contributed by atoms with E-state index in [9.17, 15) is 19.7 Å². The molecule has 0 heterocycles. The van der Waals surface area contributed by atoms with Gasteiger partial charge in [0.25, 0.3) is 5.69 Å². The second-order valence-electron chi connectivity index (χ2n) is 4.26. The highest BCUT2D eigenvalue weighted by Gasteiger charge is 2.16. The van der Waals surface area contributed by atoms with Crippen molar-refractivity contribution in [2.24, 2.45) is 0 Å². The zero-order chi connectivity index (χ0) is 16.2. The van der Waals surface area contributed by atoms with Gasteiger partial charge in [-0.25, -0.2) is 4.79 Å². The number of amides is 1. The van der Waals surface area contributed by atoms with Crippen LogP contribution in [-0.2, 0) is 14.3 Å². The van der Waals surface area contributed by atoms with Gasteiger partial charge in [-0.3, -0.25) is 14.9 Å². The third-order valence-corrected chi connectivity index (χ3v) is 2.61. The molecule has 0 saturated carbocycles. The number of carbonyl (C=O) groups is 2. The first kappa shape index (κ1) is 16.2. The summed E-state index contributed by atoms with van der Waals surface area (Å²) in [6, 6.07) is 2.78. The van der Waals surface area contributed by atoms with Crippen molar-refractivity contribution in [2.75, 3.05) is 12.8 Å². The summed E-state index contributed by atoms with van der Waals surface area (Å²) in [4.78, 5) is 32.9. The summed E-state index contributed by atoms with van der Waals surface area (Å²) in [5.41, 5.74) is 6.12. The first-order valence-electron chi connectivity index (χ1n) is 5.88. The zero-order valence-corrected chi connectivity index (χ0v) is 11.8. The van der Waals surface area contributed by atoms with Crippen molar-refractivity contribution in [2.45, 2.75) is 13.8 Å². The summed E-state index contributed by atoms with van der Waals surface area (Å²) in [6.07, 6.45) is 1.28. The predicted molar refractivity (Wildman–Crippen MR) is 76.1 cm³/mol. The number of esters is 1.